The topological polar surface area (TPSA) is 83.8 Å². The third kappa shape index (κ3) is 4.32. The molecule has 1 aromatic rings. The van der Waals surface area contributed by atoms with Gasteiger partial charge in [0.2, 0.25) is 0 Å². The number of phenolic OH excluding ortho intramolecular Hbond substituents is 1. The molecule has 0 aliphatic rings. The Hall–Kier alpha value is -1.82. The second kappa shape index (κ2) is 7.83. The number of rotatable bonds is 7. The van der Waals surface area contributed by atoms with Crippen molar-refractivity contribution in [1.29, 1.82) is 0 Å². The Morgan fingerprint density at radius 2 is 2.05 bits per heavy atom. The van der Waals surface area contributed by atoms with Gasteiger partial charge in [0.05, 0.1) is 12.4 Å². The number of carboxylic acids is 1. The number of methoxy groups -OCH3 is 1. The second-order valence-electron chi connectivity index (χ2n) is 4.34. The normalized spacial score (nSPS) is 11.3. The minimum atomic E-state index is -0.989. The lowest BCUT2D eigenvalue weighted by Crippen LogP contribution is -2.03. The SMILES string of the molecule is CC/C(=C\Cc1cc(C(=O)CBr)cc(OC)c1O)C(=O)O. The van der Waals surface area contributed by atoms with E-state index in [4.69, 9.17) is 9.84 Å². The first-order valence-electron chi connectivity index (χ1n) is 6.35. The minimum Gasteiger partial charge on any atom is -0.504 e. The molecule has 0 unspecified atom stereocenters. The summed E-state index contributed by atoms with van der Waals surface area (Å²) >= 11 is 3.09. The molecule has 5 nitrogen and oxygen atoms in total. The molecule has 114 valence electrons. The van der Waals surface area contributed by atoms with Gasteiger partial charge >= 0.3 is 5.97 Å². The van der Waals surface area contributed by atoms with Crippen LogP contribution in [0.25, 0.3) is 0 Å². The van der Waals surface area contributed by atoms with Crippen LogP contribution in [0.15, 0.2) is 23.8 Å². The summed E-state index contributed by atoms with van der Waals surface area (Å²) in [6, 6.07) is 3.01. The van der Waals surface area contributed by atoms with E-state index >= 15 is 0 Å². The standard InChI is InChI=1S/C15H17BrO5/c1-3-9(15(19)20)4-5-10-6-11(12(17)8-16)7-13(21-2)14(10)18/h4,6-7,18H,3,5,8H2,1-2H3,(H,19,20)/b9-4+. The number of phenols is 1. The molecular weight excluding hydrogens is 340 g/mol. The Bertz CT molecular complexity index is 578. The van der Waals surface area contributed by atoms with Crippen molar-refractivity contribution >= 4 is 27.7 Å². The number of aliphatic carboxylic acids is 1. The van der Waals surface area contributed by atoms with Crippen LogP contribution in [0.2, 0.25) is 0 Å². The van der Waals surface area contributed by atoms with E-state index in [2.05, 4.69) is 15.9 Å². The summed E-state index contributed by atoms with van der Waals surface area (Å²) in [5.41, 5.74) is 1.11. The zero-order chi connectivity index (χ0) is 16.0. The maximum Gasteiger partial charge on any atom is 0.331 e. The van der Waals surface area contributed by atoms with Crippen molar-refractivity contribution in [2.75, 3.05) is 12.4 Å². The van der Waals surface area contributed by atoms with E-state index in [0.29, 0.717) is 17.5 Å². The number of aromatic hydroxyl groups is 1. The number of alkyl halides is 1. The van der Waals surface area contributed by atoms with Gasteiger partial charge < -0.3 is 14.9 Å². The van der Waals surface area contributed by atoms with E-state index in [1.165, 1.54) is 19.3 Å². The zero-order valence-corrected chi connectivity index (χ0v) is 13.4. The van der Waals surface area contributed by atoms with Crippen LogP contribution in [0.5, 0.6) is 11.5 Å². The highest BCUT2D eigenvalue weighted by molar-refractivity contribution is 9.09. The molecule has 0 heterocycles. The van der Waals surface area contributed by atoms with E-state index in [0.717, 1.165) is 0 Å². The Morgan fingerprint density at radius 1 is 1.38 bits per heavy atom. The van der Waals surface area contributed by atoms with Gasteiger partial charge in [-0.15, -0.1) is 0 Å². The summed E-state index contributed by atoms with van der Waals surface area (Å²) in [7, 11) is 1.39. The molecule has 0 spiro atoms. The molecule has 1 rings (SSSR count). The molecule has 6 heteroatoms. The molecule has 0 bridgehead atoms. The maximum absolute atomic E-state index is 11.8. The molecule has 21 heavy (non-hydrogen) atoms. The number of benzene rings is 1. The van der Waals surface area contributed by atoms with Crippen LogP contribution < -0.4 is 4.74 Å². The van der Waals surface area contributed by atoms with E-state index in [9.17, 15) is 14.7 Å². The van der Waals surface area contributed by atoms with Crippen molar-refractivity contribution in [3.05, 3.63) is 34.9 Å². The van der Waals surface area contributed by atoms with Crippen molar-refractivity contribution in [3.63, 3.8) is 0 Å². The Labute approximate surface area is 131 Å². The van der Waals surface area contributed by atoms with E-state index in [1.54, 1.807) is 13.0 Å². The summed E-state index contributed by atoms with van der Waals surface area (Å²) in [5.74, 6) is -1.02. The highest BCUT2D eigenvalue weighted by Crippen LogP contribution is 2.32. The Kier molecular flexibility index (Phi) is 6.42. The van der Waals surface area contributed by atoms with Crippen LogP contribution in [0.1, 0.15) is 29.3 Å². The van der Waals surface area contributed by atoms with Gasteiger partial charge in [0.25, 0.3) is 0 Å². The number of carbonyl (C=O) groups is 2. The molecule has 0 radical (unpaired) electrons. The molecule has 2 N–H and O–H groups in total. The van der Waals surface area contributed by atoms with Crippen molar-refractivity contribution in [1.82, 2.24) is 0 Å². The van der Waals surface area contributed by atoms with Crippen molar-refractivity contribution in [2.45, 2.75) is 19.8 Å². The Balaban J connectivity index is 3.22. The fourth-order valence-electron chi connectivity index (χ4n) is 1.83. The number of Topliss-reactive ketones (excluding diaryl/α,β-unsaturated/α-hetero) is 1. The summed E-state index contributed by atoms with van der Waals surface area (Å²) < 4.78 is 5.05. The van der Waals surface area contributed by atoms with Gasteiger partial charge in [-0.05, 0) is 25.0 Å². The number of ketones is 1. The number of carbonyl (C=O) groups excluding carboxylic acids is 1. The zero-order valence-electron chi connectivity index (χ0n) is 11.9. The minimum absolute atomic E-state index is 0.0827. The fourth-order valence-corrected chi connectivity index (χ4v) is 2.15. The third-order valence-electron chi connectivity index (χ3n) is 3.04. The van der Waals surface area contributed by atoms with Gasteiger partial charge in [0.15, 0.2) is 17.3 Å². The van der Waals surface area contributed by atoms with Crippen LogP contribution in [0.4, 0.5) is 0 Å². The first-order valence-corrected chi connectivity index (χ1v) is 7.48. The number of allylic oxidation sites excluding steroid dienone is 1. The Morgan fingerprint density at radius 3 is 2.52 bits per heavy atom. The lowest BCUT2D eigenvalue weighted by Gasteiger charge is -2.10. The number of hydrogen-bond donors (Lipinski definition) is 2. The van der Waals surface area contributed by atoms with Crippen LogP contribution in [0, 0.1) is 0 Å². The van der Waals surface area contributed by atoms with Gasteiger partial charge in [-0.25, -0.2) is 4.79 Å². The summed E-state index contributed by atoms with van der Waals surface area (Å²) in [6.07, 6.45) is 2.12. The lowest BCUT2D eigenvalue weighted by atomic mass is 10.0. The molecule has 0 saturated carbocycles. The average Bonchev–Trinajstić information content (AvgIpc) is 2.48. The number of carboxylic acid groups (broad SMARTS) is 1. The highest BCUT2D eigenvalue weighted by Gasteiger charge is 2.14. The van der Waals surface area contributed by atoms with Crippen molar-refractivity contribution < 1.29 is 24.5 Å². The quantitative estimate of drug-likeness (QED) is 0.445. The van der Waals surface area contributed by atoms with Gasteiger partial charge in [-0.2, -0.15) is 0 Å². The molecule has 0 aliphatic carbocycles. The van der Waals surface area contributed by atoms with Crippen LogP contribution >= 0.6 is 15.9 Å². The molecule has 1 aromatic carbocycles. The number of ether oxygens (including phenoxy) is 1. The van der Waals surface area contributed by atoms with Gasteiger partial charge in [0, 0.05) is 16.7 Å². The number of hydrogen-bond acceptors (Lipinski definition) is 4. The van der Waals surface area contributed by atoms with Gasteiger partial charge in [-0.1, -0.05) is 28.9 Å². The first-order chi connectivity index (χ1) is 9.94. The summed E-state index contributed by atoms with van der Waals surface area (Å²) in [5, 5.41) is 19.2. The smallest absolute Gasteiger partial charge is 0.331 e. The molecule has 0 saturated heterocycles. The first kappa shape index (κ1) is 17.2. The molecule has 0 atom stereocenters. The van der Waals surface area contributed by atoms with E-state index < -0.39 is 5.97 Å². The largest absolute Gasteiger partial charge is 0.504 e. The molecule has 0 amide bonds. The van der Waals surface area contributed by atoms with Crippen LogP contribution in [-0.4, -0.2) is 34.4 Å². The lowest BCUT2D eigenvalue weighted by molar-refractivity contribution is -0.132. The monoisotopic (exact) mass is 356 g/mol. The van der Waals surface area contributed by atoms with Crippen LogP contribution in [0.3, 0.4) is 0 Å². The fraction of sp³-hybridized carbons (Fsp3) is 0.333. The average molecular weight is 357 g/mol. The molecule has 0 aromatic heterocycles. The number of halogens is 1. The van der Waals surface area contributed by atoms with Gasteiger partial charge in [-0.3, -0.25) is 4.79 Å². The van der Waals surface area contributed by atoms with Crippen molar-refractivity contribution in [2.24, 2.45) is 0 Å². The van der Waals surface area contributed by atoms with Gasteiger partial charge in [0.1, 0.15) is 0 Å². The van der Waals surface area contributed by atoms with E-state index in [1.807, 2.05) is 0 Å². The third-order valence-corrected chi connectivity index (χ3v) is 3.55. The van der Waals surface area contributed by atoms with Crippen LogP contribution in [-0.2, 0) is 11.2 Å². The van der Waals surface area contributed by atoms with E-state index in [-0.39, 0.29) is 34.6 Å². The second-order valence-corrected chi connectivity index (χ2v) is 4.90. The highest BCUT2D eigenvalue weighted by atomic mass is 79.9. The summed E-state index contributed by atoms with van der Waals surface area (Å²) in [6.45, 7) is 1.74. The predicted molar refractivity (Wildman–Crippen MR) is 82.5 cm³/mol. The molecular formula is C15H17BrO5. The maximum atomic E-state index is 11.8. The van der Waals surface area contributed by atoms with Crippen molar-refractivity contribution in [3.8, 4) is 11.5 Å². The molecule has 0 fully saturated rings. The predicted octanol–water partition coefficient (Wildman–Crippen LogP) is 2.94. The summed E-state index contributed by atoms with van der Waals surface area (Å²) in [4.78, 5) is 22.7. The molecule has 0 aliphatic heterocycles.